The van der Waals surface area contributed by atoms with Gasteiger partial charge in [-0.25, -0.2) is 0 Å². The van der Waals surface area contributed by atoms with Crippen LogP contribution in [-0.4, -0.2) is 13.1 Å². The molecule has 0 aromatic heterocycles. The van der Waals surface area contributed by atoms with E-state index < -0.39 is 0 Å². The largest absolute Gasteiger partial charge is 0.346 e. The van der Waals surface area contributed by atoms with Gasteiger partial charge in [0.2, 0.25) is 0 Å². The molecule has 0 aromatic carbocycles. The summed E-state index contributed by atoms with van der Waals surface area (Å²) in [5.41, 5.74) is 0. The molecule has 44 valence electrons. The summed E-state index contributed by atoms with van der Waals surface area (Å²) in [6.45, 7) is 7.71. The van der Waals surface area contributed by atoms with Crippen LogP contribution in [0.3, 0.4) is 0 Å². The van der Waals surface area contributed by atoms with Crippen LogP contribution < -0.4 is 5.32 Å². The summed E-state index contributed by atoms with van der Waals surface area (Å²) in [6.07, 6.45) is 1.20. The molecule has 0 saturated heterocycles. The van der Waals surface area contributed by atoms with Crippen molar-refractivity contribution in [3.8, 4) is 0 Å². The van der Waals surface area contributed by atoms with E-state index in [2.05, 4.69) is 19.2 Å². The molecule has 7 heavy (non-hydrogen) atoms. The zero-order valence-corrected chi connectivity index (χ0v) is 7.67. The number of hydrogen-bond acceptors (Lipinski definition) is 1. The molecular weight excluding hydrogens is 258 g/mol. The quantitative estimate of drug-likeness (QED) is 0.591. The third-order valence-electron chi connectivity index (χ3n) is 0.604. The molecule has 0 bridgehead atoms. The van der Waals surface area contributed by atoms with Gasteiger partial charge in [0.05, 0.1) is 0 Å². The fourth-order valence-corrected chi connectivity index (χ4v) is 0.302. The van der Waals surface area contributed by atoms with Crippen molar-refractivity contribution in [3.63, 3.8) is 0 Å². The van der Waals surface area contributed by atoms with Crippen molar-refractivity contribution in [2.75, 3.05) is 13.1 Å². The minimum Gasteiger partial charge on any atom is -0.346 e. The zero-order valence-electron chi connectivity index (χ0n) is 4.74. The van der Waals surface area contributed by atoms with Gasteiger partial charge in [0.15, 0.2) is 0 Å². The summed E-state index contributed by atoms with van der Waals surface area (Å²) in [7, 11) is 0. The van der Waals surface area contributed by atoms with Crippen LogP contribution >= 0.6 is 0 Å². The van der Waals surface area contributed by atoms with Crippen LogP contribution in [-0.2, 0) is 21.1 Å². The molecule has 0 saturated carbocycles. The predicted molar refractivity (Wildman–Crippen MR) is 28.5 cm³/mol. The second-order valence-corrected chi connectivity index (χ2v) is 1.25. The van der Waals surface area contributed by atoms with Crippen LogP contribution in [0.5, 0.6) is 0 Å². The van der Waals surface area contributed by atoms with Crippen LogP contribution in [0.1, 0.15) is 13.3 Å². The van der Waals surface area contributed by atoms with Gasteiger partial charge in [0.1, 0.15) is 0 Å². The van der Waals surface area contributed by atoms with E-state index in [-0.39, 0.29) is 21.1 Å². The van der Waals surface area contributed by atoms with Gasteiger partial charge >= 0.3 is 0 Å². The fourth-order valence-electron chi connectivity index (χ4n) is 0.302. The summed E-state index contributed by atoms with van der Waals surface area (Å²) in [6, 6.07) is 0. The zero-order chi connectivity index (χ0) is 4.83. The Labute approximate surface area is 60.1 Å². The molecule has 0 fully saturated rings. The topological polar surface area (TPSA) is 12.0 Å². The standard InChI is InChI=1S/C5H12N.W/c1-3-5-6-4-2;/h6H,2-5H2,1H3;/q-1;. The Morgan fingerprint density at radius 2 is 2.14 bits per heavy atom. The third kappa shape index (κ3) is 10.8. The molecule has 2 heteroatoms. The average molecular weight is 270 g/mol. The van der Waals surface area contributed by atoms with Gasteiger partial charge in [0.25, 0.3) is 0 Å². The molecule has 0 unspecified atom stereocenters. The molecule has 0 spiro atoms. The average Bonchev–Trinajstić information content (AvgIpc) is 1.61. The molecule has 0 aromatic rings. The van der Waals surface area contributed by atoms with E-state index >= 15 is 0 Å². The van der Waals surface area contributed by atoms with Crippen molar-refractivity contribution in [3.05, 3.63) is 6.92 Å². The van der Waals surface area contributed by atoms with Crippen LogP contribution in [0.15, 0.2) is 0 Å². The number of rotatable bonds is 3. The van der Waals surface area contributed by atoms with Gasteiger partial charge in [-0.3, -0.25) is 0 Å². The van der Waals surface area contributed by atoms with E-state index in [9.17, 15) is 0 Å². The van der Waals surface area contributed by atoms with Crippen LogP contribution in [0.4, 0.5) is 0 Å². The number of hydrogen-bond donors (Lipinski definition) is 1. The summed E-state index contributed by atoms with van der Waals surface area (Å²) in [5.74, 6) is 0. The summed E-state index contributed by atoms with van der Waals surface area (Å²) >= 11 is 0. The molecule has 0 aliphatic heterocycles. The van der Waals surface area contributed by atoms with Crippen molar-refractivity contribution in [2.45, 2.75) is 13.3 Å². The smallest absolute Gasteiger partial charge is 0 e. The van der Waals surface area contributed by atoms with Gasteiger partial charge in [-0.05, 0) is 13.0 Å². The van der Waals surface area contributed by atoms with E-state index in [1.54, 1.807) is 0 Å². The number of nitrogens with one attached hydrogen (secondary N) is 1. The van der Waals surface area contributed by atoms with E-state index in [1.165, 1.54) is 6.42 Å². The predicted octanol–water partition coefficient (Wildman–Crippen LogP) is 0.818. The normalized spacial score (nSPS) is 7.71. The van der Waals surface area contributed by atoms with Crippen LogP contribution in [0, 0.1) is 6.92 Å². The van der Waals surface area contributed by atoms with Crippen LogP contribution in [0.2, 0.25) is 0 Å². The Bertz CT molecular complexity index is 20.0. The Balaban J connectivity index is 0. The molecule has 0 atom stereocenters. The summed E-state index contributed by atoms with van der Waals surface area (Å²) in [4.78, 5) is 0. The summed E-state index contributed by atoms with van der Waals surface area (Å²) in [5, 5.41) is 3.09. The van der Waals surface area contributed by atoms with E-state index in [0.717, 1.165) is 13.1 Å². The molecule has 0 radical (unpaired) electrons. The molecule has 0 heterocycles. The molecule has 0 aliphatic rings. The van der Waals surface area contributed by atoms with Gasteiger partial charge in [-0.1, -0.05) is 6.92 Å². The summed E-state index contributed by atoms with van der Waals surface area (Å²) < 4.78 is 0. The van der Waals surface area contributed by atoms with E-state index in [1.807, 2.05) is 0 Å². The van der Waals surface area contributed by atoms with Crippen molar-refractivity contribution in [1.29, 1.82) is 0 Å². The Morgan fingerprint density at radius 3 is 2.29 bits per heavy atom. The first-order valence-corrected chi connectivity index (χ1v) is 2.41. The Hall–Kier alpha value is 0.648. The SMILES string of the molecule is [CH2-]CNCCC.[W]. The Morgan fingerprint density at radius 1 is 1.57 bits per heavy atom. The van der Waals surface area contributed by atoms with Gasteiger partial charge in [-0.2, -0.15) is 0 Å². The van der Waals surface area contributed by atoms with E-state index in [0.29, 0.717) is 0 Å². The maximum absolute atomic E-state index is 3.61. The fraction of sp³-hybridized carbons (Fsp3) is 0.800. The first-order chi connectivity index (χ1) is 2.91. The van der Waals surface area contributed by atoms with Crippen molar-refractivity contribution in [1.82, 2.24) is 5.32 Å². The van der Waals surface area contributed by atoms with Crippen molar-refractivity contribution < 1.29 is 21.1 Å². The third-order valence-corrected chi connectivity index (χ3v) is 0.604. The van der Waals surface area contributed by atoms with Crippen LogP contribution in [0.25, 0.3) is 0 Å². The van der Waals surface area contributed by atoms with Gasteiger partial charge in [-0.15, -0.1) is 6.54 Å². The molecule has 1 nitrogen and oxygen atoms in total. The molecule has 0 amide bonds. The molecule has 1 N–H and O–H groups in total. The molecule has 0 aliphatic carbocycles. The molecule has 0 rings (SSSR count). The van der Waals surface area contributed by atoms with E-state index in [4.69, 9.17) is 0 Å². The second-order valence-electron chi connectivity index (χ2n) is 1.25. The first-order valence-electron chi connectivity index (χ1n) is 2.41. The second kappa shape index (κ2) is 9.82. The van der Waals surface area contributed by atoms with Gasteiger partial charge < -0.3 is 12.2 Å². The first kappa shape index (κ1) is 10.6. The van der Waals surface area contributed by atoms with Crippen molar-refractivity contribution >= 4 is 0 Å². The Kier molecular flexibility index (Phi) is 14.9. The van der Waals surface area contributed by atoms with Gasteiger partial charge in [0, 0.05) is 21.1 Å². The maximum Gasteiger partial charge on any atom is 0 e. The molecular formula is C5H12NW-. The minimum atomic E-state index is 0. The minimum absolute atomic E-state index is 0. The van der Waals surface area contributed by atoms with Crippen molar-refractivity contribution in [2.24, 2.45) is 0 Å². The maximum atomic E-state index is 3.61. The monoisotopic (exact) mass is 270 g/mol.